The highest BCUT2D eigenvalue weighted by atomic mass is 15.0. The number of aromatic nitrogens is 2. The Morgan fingerprint density at radius 2 is 2.38 bits per heavy atom. The number of nitrogens with zero attached hydrogens (tertiary/aromatic N) is 3. The number of hydrogen-bond acceptors (Lipinski definition) is 4. The molecule has 0 atom stereocenters. The Bertz CT molecular complexity index is 323. The summed E-state index contributed by atoms with van der Waals surface area (Å²) < 4.78 is 0. The summed E-state index contributed by atoms with van der Waals surface area (Å²) in [6.07, 6.45) is 6.91. The van der Waals surface area contributed by atoms with Gasteiger partial charge in [-0.15, -0.1) is 0 Å². The Kier molecular flexibility index (Phi) is 1.85. The van der Waals surface area contributed by atoms with E-state index in [1.165, 1.54) is 0 Å². The van der Waals surface area contributed by atoms with Crippen LogP contribution in [-0.2, 0) is 0 Å². The van der Waals surface area contributed by atoms with Crippen LogP contribution in [0, 0.1) is 16.7 Å². The number of nitriles is 1. The second-order valence-electron chi connectivity index (χ2n) is 3.34. The topological polar surface area (TPSA) is 61.6 Å². The molecule has 0 spiro atoms. The second kappa shape index (κ2) is 3.02. The van der Waals surface area contributed by atoms with Gasteiger partial charge in [0.1, 0.15) is 5.82 Å². The van der Waals surface area contributed by atoms with Gasteiger partial charge in [0.25, 0.3) is 0 Å². The van der Waals surface area contributed by atoms with Crippen LogP contribution in [0.15, 0.2) is 18.6 Å². The van der Waals surface area contributed by atoms with Crippen molar-refractivity contribution in [2.75, 3.05) is 11.9 Å². The van der Waals surface area contributed by atoms with Gasteiger partial charge >= 0.3 is 0 Å². The maximum Gasteiger partial charge on any atom is 0.144 e. The van der Waals surface area contributed by atoms with E-state index in [0.717, 1.165) is 18.7 Å². The molecule has 0 radical (unpaired) electrons. The third-order valence-corrected chi connectivity index (χ3v) is 2.26. The molecular weight excluding hydrogens is 164 g/mol. The molecule has 1 heterocycles. The van der Waals surface area contributed by atoms with Gasteiger partial charge in [-0.1, -0.05) is 0 Å². The molecule has 0 aliphatic heterocycles. The third-order valence-electron chi connectivity index (χ3n) is 2.26. The summed E-state index contributed by atoms with van der Waals surface area (Å²) in [4.78, 5) is 7.98. The van der Waals surface area contributed by atoms with Crippen molar-refractivity contribution < 1.29 is 0 Å². The number of anilines is 1. The molecular formula is C9H10N4. The molecule has 4 heteroatoms. The van der Waals surface area contributed by atoms with E-state index in [1.807, 2.05) is 0 Å². The zero-order valence-electron chi connectivity index (χ0n) is 7.20. The van der Waals surface area contributed by atoms with Gasteiger partial charge in [-0.25, -0.2) is 4.98 Å². The summed E-state index contributed by atoms with van der Waals surface area (Å²) in [6.45, 7) is 0.683. The minimum Gasteiger partial charge on any atom is -0.367 e. The van der Waals surface area contributed by atoms with E-state index in [9.17, 15) is 0 Å². The number of nitrogens with one attached hydrogen (secondary N) is 1. The number of rotatable bonds is 3. The minimum absolute atomic E-state index is 0.127. The second-order valence-corrected chi connectivity index (χ2v) is 3.34. The largest absolute Gasteiger partial charge is 0.367 e. The summed E-state index contributed by atoms with van der Waals surface area (Å²) in [5, 5.41) is 11.9. The van der Waals surface area contributed by atoms with E-state index in [0.29, 0.717) is 6.54 Å². The van der Waals surface area contributed by atoms with Crippen molar-refractivity contribution in [3.63, 3.8) is 0 Å². The smallest absolute Gasteiger partial charge is 0.144 e. The summed E-state index contributed by atoms with van der Waals surface area (Å²) in [5.41, 5.74) is -0.127. The first kappa shape index (κ1) is 7.99. The fourth-order valence-corrected chi connectivity index (χ4v) is 1.13. The molecule has 0 bridgehead atoms. The molecule has 0 unspecified atom stereocenters. The molecule has 0 amide bonds. The van der Waals surface area contributed by atoms with Crippen LogP contribution in [0.4, 0.5) is 5.82 Å². The maximum absolute atomic E-state index is 8.81. The van der Waals surface area contributed by atoms with Crippen molar-refractivity contribution in [2.24, 2.45) is 5.41 Å². The monoisotopic (exact) mass is 174 g/mol. The van der Waals surface area contributed by atoms with E-state index in [1.54, 1.807) is 18.6 Å². The molecule has 0 saturated heterocycles. The predicted molar refractivity (Wildman–Crippen MR) is 47.8 cm³/mol. The molecule has 1 aliphatic carbocycles. The molecule has 1 saturated carbocycles. The fourth-order valence-electron chi connectivity index (χ4n) is 1.13. The highest BCUT2D eigenvalue weighted by Crippen LogP contribution is 2.44. The van der Waals surface area contributed by atoms with Crippen molar-refractivity contribution in [1.82, 2.24) is 9.97 Å². The van der Waals surface area contributed by atoms with Crippen molar-refractivity contribution in [3.05, 3.63) is 18.6 Å². The highest BCUT2D eigenvalue weighted by Gasteiger charge is 2.42. The van der Waals surface area contributed by atoms with Crippen LogP contribution in [0.5, 0.6) is 0 Å². The molecule has 1 aromatic rings. The fraction of sp³-hybridized carbons (Fsp3) is 0.444. The molecule has 4 nitrogen and oxygen atoms in total. The highest BCUT2D eigenvalue weighted by molar-refractivity contribution is 5.32. The molecule has 0 aromatic carbocycles. The van der Waals surface area contributed by atoms with Gasteiger partial charge in [-0.3, -0.25) is 4.98 Å². The van der Waals surface area contributed by atoms with Crippen molar-refractivity contribution in [1.29, 1.82) is 5.26 Å². The lowest BCUT2D eigenvalue weighted by Gasteiger charge is -2.07. The van der Waals surface area contributed by atoms with Gasteiger partial charge in [0.15, 0.2) is 0 Å². The van der Waals surface area contributed by atoms with Gasteiger partial charge in [0.2, 0.25) is 0 Å². The van der Waals surface area contributed by atoms with Gasteiger partial charge in [-0.05, 0) is 12.8 Å². The lowest BCUT2D eigenvalue weighted by Crippen LogP contribution is -2.14. The summed E-state index contributed by atoms with van der Waals surface area (Å²) in [7, 11) is 0. The SMILES string of the molecule is N#CC1(CNc2cnccn2)CC1. The van der Waals surface area contributed by atoms with E-state index < -0.39 is 0 Å². The maximum atomic E-state index is 8.81. The average Bonchev–Trinajstić information content (AvgIpc) is 2.97. The van der Waals surface area contributed by atoms with Gasteiger partial charge in [0, 0.05) is 18.9 Å². The lowest BCUT2D eigenvalue weighted by molar-refractivity contribution is 0.708. The molecule has 66 valence electrons. The van der Waals surface area contributed by atoms with Crippen LogP contribution >= 0.6 is 0 Å². The van der Waals surface area contributed by atoms with Crippen LogP contribution in [0.1, 0.15) is 12.8 Å². The van der Waals surface area contributed by atoms with Crippen LogP contribution in [0.2, 0.25) is 0 Å². The molecule has 1 aliphatic rings. The van der Waals surface area contributed by atoms with E-state index >= 15 is 0 Å². The summed E-state index contributed by atoms with van der Waals surface area (Å²) in [5.74, 6) is 0.740. The molecule has 2 rings (SSSR count). The first-order valence-electron chi connectivity index (χ1n) is 4.26. The van der Waals surface area contributed by atoms with Crippen LogP contribution in [0.3, 0.4) is 0 Å². The van der Waals surface area contributed by atoms with Crippen LogP contribution in [-0.4, -0.2) is 16.5 Å². The predicted octanol–water partition coefficient (Wildman–Crippen LogP) is 1.19. The van der Waals surface area contributed by atoms with Crippen molar-refractivity contribution in [2.45, 2.75) is 12.8 Å². The summed E-state index contributed by atoms with van der Waals surface area (Å²) in [6, 6.07) is 2.31. The zero-order valence-corrected chi connectivity index (χ0v) is 7.20. The van der Waals surface area contributed by atoms with E-state index in [-0.39, 0.29) is 5.41 Å². The standard InChI is InChI=1S/C9H10N4/c10-6-9(1-2-9)7-13-8-5-11-3-4-12-8/h3-5H,1-2,7H2,(H,12,13). The van der Waals surface area contributed by atoms with Gasteiger partial charge in [0.05, 0.1) is 17.7 Å². The van der Waals surface area contributed by atoms with E-state index in [4.69, 9.17) is 5.26 Å². The Balaban J connectivity index is 1.91. The Hall–Kier alpha value is -1.63. The Morgan fingerprint density at radius 1 is 1.54 bits per heavy atom. The van der Waals surface area contributed by atoms with Gasteiger partial charge < -0.3 is 5.32 Å². The normalized spacial score (nSPS) is 17.5. The minimum atomic E-state index is -0.127. The zero-order chi connectivity index (χ0) is 9.15. The quantitative estimate of drug-likeness (QED) is 0.747. The van der Waals surface area contributed by atoms with Crippen molar-refractivity contribution >= 4 is 5.82 Å². The molecule has 1 N–H and O–H groups in total. The van der Waals surface area contributed by atoms with Gasteiger partial charge in [-0.2, -0.15) is 5.26 Å². The first-order valence-corrected chi connectivity index (χ1v) is 4.26. The molecule has 1 fully saturated rings. The van der Waals surface area contributed by atoms with Crippen molar-refractivity contribution in [3.8, 4) is 6.07 Å². The Labute approximate surface area is 76.6 Å². The summed E-state index contributed by atoms with van der Waals surface area (Å²) >= 11 is 0. The molecule has 1 aromatic heterocycles. The lowest BCUT2D eigenvalue weighted by atomic mass is 10.1. The molecule has 13 heavy (non-hydrogen) atoms. The number of hydrogen-bond donors (Lipinski definition) is 1. The average molecular weight is 174 g/mol. The van der Waals surface area contributed by atoms with Crippen LogP contribution < -0.4 is 5.32 Å². The van der Waals surface area contributed by atoms with Crippen LogP contribution in [0.25, 0.3) is 0 Å². The van der Waals surface area contributed by atoms with E-state index in [2.05, 4.69) is 21.4 Å². The Morgan fingerprint density at radius 3 is 2.92 bits per heavy atom. The first-order chi connectivity index (χ1) is 6.35. The third kappa shape index (κ3) is 1.75.